The van der Waals surface area contributed by atoms with Crippen LogP contribution in [0.5, 0.6) is 0 Å². The van der Waals surface area contributed by atoms with Crippen molar-refractivity contribution in [1.29, 1.82) is 0 Å². The molecule has 0 saturated carbocycles. The molecule has 0 aliphatic rings. The van der Waals surface area contributed by atoms with E-state index in [9.17, 15) is 9.59 Å². The molecule has 0 fully saturated rings. The standard InChI is InChI=1S/C24H30Cl2N2O2S/c1-4-17(2)27-24(30)18(3)28(15-20-10-11-21(25)14-22(20)26)23(29)12-13-31-16-19-8-6-5-7-9-19/h5-11,14,17-18H,4,12-13,15-16H2,1-3H3,(H,27,30)/t17-,18-/m0/s1. The maximum atomic E-state index is 13.1. The van der Waals surface area contributed by atoms with Gasteiger partial charge in [0.25, 0.3) is 0 Å². The maximum absolute atomic E-state index is 13.1. The van der Waals surface area contributed by atoms with Crippen LogP contribution < -0.4 is 5.32 Å². The summed E-state index contributed by atoms with van der Waals surface area (Å²) < 4.78 is 0. The van der Waals surface area contributed by atoms with Crippen molar-refractivity contribution < 1.29 is 9.59 Å². The molecule has 2 rings (SSSR count). The molecule has 168 valence electrons. The zero-order valence-electron chi connectivity index (χ0n) is 18.2. The third-order valence-electron chi connectivity index (χ3n) is 5.10. The van der Waals surface area contributed by atoms with Crippen molar-refractivity contribution in [3.63, 3.8) is 0 Å². The van der Waals surface area contributed by atoms with Gasteiger partial charge in [-0.15, -0.1) is 0 Å². The van der Waals surface area contributed by atoms with Crippen molar-refractivity contribution in [2.24, 2.45) is 0 Å². The highest BCUT2D eigenvalue weighted by Crippen LogP contribution is 2.24. The molecular formula is C24H30Cl2N2O2S. The van der Waals surface area contributed by atoms with Gasteiger partial charge in [-0.05, 0) is 43.5 Å². The Morgan fingerprint density at radius 3 is 2.45 bits per heavy atom. The molecule has 4 nitrogen and oxygen atoms in total. The second kappa shape index (κ2) is 13.0. The summed E-state index contributed by atoms with van der Waals surface area (Å²) in [6.45, 7) is 5.98. The molecule has 0 aromatic heterocycles. The first kappa shape index (κ1) is 25.6. The number of nitrogens with zero attached hydrogens (tertiary/aromatic N) is 1. The quantitative estimate of drug-likeness (QED) is 0.404. The van der Waals surface area contributed by atoms with Crippen LogP contribution in [0.2, 0.25) is 10.0 Å². The van der Waals surface area contributed by atoms with E-state index >= 15 is 0 Å². The number of hydrogen-bond donors (Lipinski definition) is 1. The Morgan fingerprint density at radius 2 is 1.81 bits per heavy atom. The first-order valence-electron chi connectivity index (χ1n) is 10.5. The van der Waals surface area contributed by atoms with Gasteiger partial charge in [-0.25, -0.2) is 0 Å². The summed E-state index contributed by atoms with van der Waals surface area (Å²) in [7, 11) is 0. The number of carbonyl (C=O) groups is 2. The first-order chi connectivity index (χ1) is 14.8. The highest BCUT2D eigenvalue weighted by atomic mass is 35.5. The van der Waals surface area contributed by atoms with Crippen LogP contribution in [0.15, 0.2) is 48.5 Å². The molecule has 0 unspecified atom stereocenters. The highest BCUT2D eigenvalue weighted by molar-refractivity contribution is 7.98. The Morgan fingerprint density at radius 1 is 1.10 bits per heavy atom. The topological polar surface area (TPSA) is 49.4 Å². The number of carbonyl (C=O) groups excluding carboxylic acids is 2. The van der Waals surface area contributed by atoms with Crippen molar-refractivity contribution in [1.82, 2.24) is 10.2 Å². The van der Waals surface area contributed by atoms with Crippen LogP contribution in [-0.2, 0) is 21.9 Å². The lowest BCUT2D eigenvalue weighted by Gasteiger charge is -2.30. The van der Waals surface area contributed by atoms with E-state index in [0.29, 0.717) is 22.2 Å². The van der Waals surface area contributed by atoms with Gasteiger partial charge in [0, 0.05) is 40.6 Å². The van der Waals surface area contributed by atoms with Crippen LogP contribution in [-0.4, -0.2) is 34.6 Å². The van der Waals surface area contributed by atoms with Gasteiger partial charge in [0.1, 0.15) is 6.04 Å². The molecular weight excluding hydrogens is 451 g/mol. The van der Waals surface area contributed by atoms with Crippen molar-refractivity contribution >= 4 is 46.8 Å². The van der Waals surface area contributed by atoms with Gasteiger partial charge in [0.15, 0.2) is 0 Å². The largest absolute Gasteiger partial charge is 0.352 e. The summed E-state index contributed by atoms with van der Waals surface area (Å²) in [6.07, 6.45) is 1.18. The van der Waals surface area contributed by atoms with Gasteiger partial charge in [0.05, 0.1) is 0 Å². The second-order valence-electron chi connectivity index (χ2n) is 7.54. The summed E-state index contributed by atoms with van der Waals surface area (Å²) in [5.74, 6) is 1.29. The molecule has 7 heteroatoms. The zero-order valence-corrected chi connectivity index (χ0v) is 20.6. The highest BCUT2D eigenvalue weighted by Gasteiger charge is 2.27. The molecule has 0 aliphatic heterocycles. The van der Waals surface area contributed by atoms with Crippen molar-refractivity contribution in [3.8, 4) is 0 Å². The Hall–Kier alpha value is -1.69. The van der Waals surface area contributed by atoms with E-state index in [2.05, 4.69) is 17.4 Å². The smallest absolute Gasteiger partial charge is 0.242 e. The fraction of sp³-hybridized carbons (Fsp3) is 0.417. The monoisotopic (exact) mass is 480 g/mol. The third kappa shape index (κ3) is 8.40. The van der Waals surface area contributed by atoms with Gasteiger partial charge in [-0.3, -0.25) is 9.59 Å². The van der Waals surface area contributed by atoms with Crippen molar-refractivity contribution in [2.75, 3.05) is 5.75 Å². The van der Waals surface area contributed by atoms with E-state index in [1.54, 1.807) is 41.8 Å². The molecule has 2 atom stereocenters. The Kier molecular flexibility index (Phi) is 10.7. The molecule has 2 aromatic rings. The van der Waals surface area contributed by atoms with E-state index < -0.39 is 6.04 Å². The van der Waals surface area contributed by atoms with Crippen LogP contribution in [0.25, 0.3) is 0 Å². The van der Waals surface area contributed by atoms with Crippen molar-refractivity contribution in [3.05, 3.63) is 69.7 Å². The Bertz CT molecular complexity index is 864. The average molecular weight is 481 g/mol. The number of amides is 2. The van der Waals surface area contributed by atoms with E-state index in [4.69, 9.17) is 23.2 Å². The Labute approximate surface area is 199 Å². The summed E-state index contributed by atoms with van der Waals surface area (Å²) in [4.78, 5) is 27.4. The minimum absolute atomic E-state index is 0.0486. The summed E-state index contributed by atoms with van der Waals surface area (Å²) >= 11 is 14.0. The molecule has 0 aliphatic carbocycles. The summed E-state index contributed by atoms with van der Waals surface area (Å²) in [5.41, 5.74) is 1.99. The lowest BCUT2D eigenvalue weighted by Crippen LogP contribution is -2.49. The van der Waals surface area contributed by atoms with E-state index in [1.165, 1.54) is 5.56 Å². The van der Waals surface area contributed by atoms with E-state index in [-0.39, 0.29) is 24.4 Å². The number of rotatable bonds is 11. The lowest BCUT2D eigenvalue weighted by molar-refractivity contribution is -0.140. The number of hydrogen-bond acceptors (Lipinski definition) is 3. The number of thioether (sulfide) groups is 1. The number of nitrogens with one attached hydrogen (secondary N) is 1. The van der Waals surface area contributed by atoms with Crippen molar-refractivity contribution in [2.45, 2.75) is 58.0 Å². The normalized spacial score (nSPS) is 12.8. The molecule has 31 heavy (non-hydrogen) atoms. The third-order valence-corrected chi connectivity index (χ3v) is 6.71. The molecule has 0 bridgehead atoms. The van der Waals surface area contributed by atoms with E-state index in [0.717, 1.165) is 17.7 Å². The molecule has 0 radical (unpaired) electrons. The van der Waals surface area contributed by atoms with Crippen LogP contribution in [0, 0.1) is 0 Å². The molecule has 2 aromatic carbocycles. The van der Waals surface area contributed by atoms with Crippen LogP contribution in [0.4, 0.5) is 0 Å². The minimum Gasteiger partial charge on any atom is -0.352 e. The van der Waals surface area contributed by atoms with E-state index in [1.807, 2.05) is 32.0 Å². The van der Waals surface area contributed by atoms with Gasteiger partial charge in [-0.1, -0.05) is 66.5 Å². The summed E-state index contributed by atoms with van der Waals surface area (Å²) in [5, 5.41) is 3.99. The summed E-state index contributed by atoms with van der Waals surface area (Å²) in [6, 6.07) is 14.8. The predicted octanol–water partition coefficient (Wildman–Crippen LogP) is 5.95. The van der Waals surface area contributed by atoms with Gasteiger partial charge >= 0.3 is 0 Å². The van der Waals surface area contributed by atoms with Crippen LogP contribution >= 0.6 is 35.0 Å². The second-order valence-corrected chi connectivity index (χ2v) is 9.49. The SMILES string of the molecule is CC[C@H](C)NC(=O)[C@H](C)N(Cc1ccc(Cl)cc1Cl)C(=O)CCSCc1ccccc1. The molecule has 0 saturated heterocycles. The molecule has 0 heterocycles. The van der Waals surface area contributed by atoms with Gasteiger partial charge in [-0.2, -0.15) is 11.8 Å². The fourth-order valence-electron chi connectivity index (χ4n) is 2.95. The number of halogens is 2. The first-order valence-corrected chi connectivity index (χ1v) is 12.4. The average Bonchev–Trinajstić information content (AvgIpc) is 2.76. The molecule has 0 spiro atoms. The minimum atomic E-state index is -0.604. The fourth-order valence-corrected chi connectivity index (χ4v) is 4.31. The molecule has 1 N–H and O–H groups in total. The van der Waals surface area contributed by atoms with Crippen LogP contribution in [0.3, 0.4) is 0 Å². The predicted molar refractivity (Wildman–Crippen MR) is 132 cm³/mol. The zero-order chi connectivity index (χ0) is 22.8. The maximum Gasteiger partial charge on any atom is 0.242 e. The van der Waals surface area contributed by atoms with Gasteiger partial charge in [0.2, 0.25) is 11.8 Å². The van der Waals surface area contributed by atoms with Gasteiger partial charge < -0.3 is 10.2 Å². The lowest BCUT2D eigenvalue weighted by atomic mass is 10.1. The van der Waals surface area contributed by atoms with Crippen LogP contribution in [0.1, 0.15) is 44.7 Å². The molecule has 2 amide bonds. The Balaban J connectivity index is 2.05. The number of benzene rings is 2.